The second kappa shape index (κ2) is 10.6. The lowest BCUT2D eigenvalue weighted by Crippen LogP contribution is -2.49. The first-order valence-corrected chi connectivity index (χ1v) is 14.6. The number of nitrogen functional groups attached to an aromatic ring is 1. The Morgan fingerprint density at radius 1 is 0.825 bits per heavy atom. The van der Waals surface area contributed by atoms with Crippen molar-refractivity contribution in [2.24, 2.45) is 0 Å². The molecule has 2 aromatic carbocycles. The third-order valence-corrected chi connectivity index (χ3v) is 8.88. The van der Waals surface area contributed by atoms with Gasteiger partial charge in [-0.15, -0.1) is 15.3 Å². The largest absolute Gasteiger partial charge is 0.368 e. The summed E-state index contributed by atoms with van der Waals surface area (Å²) < 4.78 is 1.58. The number of fused-ring (bicyclic) bond motifs is 4. The minimum atomic E-state index is 0.288. The summed E-state index contributed by atoms with van der Waals surface area (Å²) in [5.74, 6) is 1.34. The van der Waals surface area contributed by atoms with Crippen molar-refractivity contribution in [1.29, 1.82) is 0 Å². The first kappa shape index (κ1) is 25.2. The van der Waals surface area contributed by atoms with E-state index in [1.807, 2.05) is 0 Å². The van der Waals surface area contributed by atoms with Gasteiger partial charge in [-0.25, -0.2) is 0 Å². The van der Waals surface area contributed by atoms with Gasteiger partial charge in [0, 0.05) is 43.5 Å². The van der Waals surface area contributed by atoms with E-state index in [-0.39, 0.29) is 5.95 Å². The van der Waals surface area contributed by atoms with Crippen LogP contribution in [0.4, 0.5) is 17.6 Å². The molecule has 3 N–H and O–H groups in total. The van der Waals surface area contributed by atoms with Crippen molar-refractivity contribution in [3.05, 3.63) is 70.8 Å². The number of benzene rings is 2. The zero-order chi connectivity index (χ0) is 27.1. The Bertz CT molecular complexity index is 1520. The Balaban J connectivity index is 1.08. The highest BCUT2D eigenvalue weighted by Gasteiger charge is 2.25. The zero-order valence-corrected chi connectivity index (χ0v) is 23.2. The number of anilines is 3. The van der Waals surface area contributed by atoms with E-state index in [1.165, 1.54) is 66.8 Å². The minimum Gasteiger partial charge on any atom is -0.368 e. The van der Waals surface area contributed by atoms with Crippen LogP contribution in [0, 0.1) is 0 Å². The molecule has 0 bridgehead atoms. The average molecular weight is 536 g/mol. The Labute approximate surface area is 235 Å². The van der Waals surface area contributed by atoms with E-state index in [0.29, 0.717) is 17.8 Å². The maximum Gasteiger partial charge on any atom is 0.248 e. The molecular weight excluding hydrogens is 498 g/mol. The molecule has 1 atom stereocenters. The number of piperazine rings is 1. The van der Waals surface area contributed by atoms with Gasteiger partial charge in [-0.2, -0.15) is 9.67 Å². The van der Waals surface area contributed by atoms with Gasteiger partial charge in [0.25, 0.3) is 0 Å². The van der Waals surface area contributed by atoms with E-state index in [4.69, 9.17) is 5.73 Å². The molecule has 1 unspecified atom stereocenters. The molecule has 2 aromatic heterocycles. The molecule has 0 radical (unpaired) electrons. The fourth-order valence-corrected chi connectivity index (χ4v) is 6.57. The third kappa shape index (κ3) is 4.95. The van der Waals surface area contributed by atoms with Crippen molar-refractivity contribution in [1.82, 2.24) is 34.8 Å². The van der Waals surface area contributed by atoms with Crippen LogP contribution in [0.5, 0.6) is 0 Å². The summed E-state index contributed by atoms with van der Waals surface area (Å²) in [6.07, 6.45) is 7.73. The van der Waals surface area contributed by atoms with Crippen molar-refractivity contribution >= 4 is 17.6 Å². The van der Waals surface area contributed by atoms with Crippen LogP contribution in [-0.2, 0) is 25.7 Å². The van der Waals surface area contributed by atoms with Gasteiger partial charge in [-0.3, -0.25) is 4.90 Å². The summed E-state index contributed by atoms with van der Waals surface area (Å²) in [6.45, 7) is 4.71. The molecule has 1 saturated heterocycles. The topological polar surface area (TPSA) is 101 Å². The number of aryl methyl sites for hydroxylation is 4. The number of hydrogen-bond donors (Lipinski definition) is 2. The summed E-state index contributed by atoms with van der Waals surface area (Å²) in [4.78, 5) is 9.63. The molecule has 0 spiro atoms. The first-order chi connectivity index (χ1) is 19.6. The van der Waals surface area contributed by atoms with Crippen LogP contribution < -0.4 is 11.1 Å². The highest BCUT2D eigenvalue weighted by molar-refractivity contribution is 5.68. The monoisotopic (exact) mass is 535 g/mol. The van der Waals surface area contributed by atoms with Gasteiger partial charge in [-0.05, 0) is 92.4 Å². The Hall–Kier alpha value is -3.82. The van der Waals surface area contributed by atoms with Crippen LogP contribution in [0.25, 0.3) is 17.1 Å². The molecule has 40 heavy (non-hydrogen) atoms. The number of rotatable bonds is 4. The van der Waals surface area contributed by atoms with E-state index >= 15 is 0 Å². The maximum atomic E-state index is 6.31. The van der Waals surface area contributed by atoms with Crippen molar-refractivity contribution in [2.45, 2.75) is 51.0 Å². The third-order valence-electron chi connectivity index (χ3n) is 8.88. The van der Waals surface area contributed by atoms with Crippen LogP contribution in [-0.4, -0.2) is 74.0 Å². The van der Waals surface area contributed by atoms with Gasteiger partial charge < -0.3 is 16.0 Å². The summed E-state index contributed by atoms with van der Waals surface area (Å²) in [7, 11) is 2.22. The van der Waals surface area contributed by atoms with Crippen LogP contribution in [0.2, 0.25) is 0 Å². The number of nitrogens with one attached hydrogen (secondary N) is 1. The van der Waals surface area contributed by atoms with E-state index in [1.54, 1.807) is 4.68 Å². The molecule has 206 valence electrons. The standard InChI is InChI=1S/C31H37N9/c1-38-15-17-39(18-16-38)26-13-10-21-9-12-25(19-23(21)11-14-26)33-31-34-30(32)40(37-31)28-20-24-7-4-6-22-5-2-3-8-27(22)29(24)36-35-28/h2-3,5,8-9,12,19-20,26H,4,6-7,10-11,13-18H2,1H3,(H3,32,33,34,37). The summed E-state index contributed by atoms with van der Waals surface area (Å²) in [6, 6.07) is 17.8. The van der Waals surface area contributed by atoms with Crippen molar-refractivity contribution < 1.29 is 0 Å². The number of likely N-dealkylation sites (N-methyl/N-ethyl adjacent to an activating group) is 1. The molecule has 2 aliphatic carbocycles. The van der Waals surface area contributed by atoms with Gasteiger partial charge in [-0.1, -0.05) is 30.3 Å². The lowest BCUT2D eigenvalue weighted by atomic mass is 10.0. The SMILES string of the molecule is CN1CCN(C2CCc3ccc(Nc4nc(N)n(-c5cc6c(nn5)-c5ccccc5CCC6)n4)cc3CC2)CC1. The molecule has 3 heterocycles. The van der Waals surface area contributed by atoms with Gasteiger partial charge in [0.1, 0.15) is 0 Å². The molecule has 1 aliphatic heterocycles. The van der Waals surface area contributed by atoms with E-state index in [9.17, 15) is 0 Å². The number of aromatic nitrogens is 5. The van der Waals surface area contributed by atoms with Gasteiger partial charge in [0.2, 0.25) is 11.9 Å². The molecule has 7 rings (SSSR count). The summed E-state index contributed by atoms with van der Waals surface area (Å²) in [5.41, 5.74) is 14.8. The maximum absolute atomic E-state index is 6.31. The number of nitrogens with two attached hydrogens (primary N) is 1. The molecule has 9 heteroatoms. The quantitative estimate of drug-likeness (QED) is 0.378. The predicted octanol–water partition coefficient (Wildman–Crippen LogP) is 4.03. The smallest absolute Gasteiger partial charge is 0.248 e. The molecule has 0 amide bonds. The predicted molar refractivity (Wildman–Crippen MR) is 158 cm³/mol. The van der Waals surface area contributed by atoms with Crippen LogP contribution >= 0.6 is 0 Å². The first-order valence-electron chi connectivity index (χ1n) is 14.6. The van der Waals surface area contributed by atoms with Crippen molar-refractivity contribution in [2.75, 3.05) is 44.3 Å². The number of hydrogen-bond acceptors (Lipinski definition) is 8. The summed E-state index contributed by atoms with van der Waals surface area (Å²) >= 11 is 0. The van der Waals surface area contributed by atoms with Crippen LogP contribution in [0.1, 0.15) is 41.5 Å². The fraction of sp³-hybridized carbons (Fsp3) is 0.419. The minimum absolute atomic E-state index is 0.288. The van der Waals surface area contributed by atoms with Crippen molar-refractivity contribution in [3.63, 3.8) is 0 Å². The fourth-order valence-electron chi connectivity index (χ4n) is 6.57. The van der Waals surface area contributed by atoms with E-state index in [2.05, 4.69) is 91.0 Å². The Morgan fingerprint density at radius 2 is 1.62 bits per heavy atom. The molecule has 9 nitrogen and oxygen atoms in total. The van der Waals surface area contributed by atoms with Gasteiger partial charge in [0.15, 0.2) is 5.82 Å². The highest BCUT2D eigenvalue weighted by atomic mass is 15.4. The lowest BCUT2D eigenvalue weighted by Gasteiger charge is -2.37. The number of nitrogens with zero attached hydrogens (tertiary/aromatic N) is 7. The zero-order valence-electron chi connectivity index (χ0n) is 23.2. The van der Waals surface area contributed by atoms with Gasteiger partial charge >= 0.3 is 0 Å². The Morgan fingerprint density at radius 3 is 2.50 bits per heavy atom. The molecule has 0 saturated carbocycles. The Kier molecular flexibility index (Phi) is 6.69. The lowest BCUT2D eigenvalue weighted by molar-refractivity contribution is 0.104. The molecule has 4 aromatic rings. The average Bonchev–Trinajstić information content (AvgIpc) is 3.12. The highest BCUT2D eigenvalue weighted by Crippen LogP contribution is 2.32. The van der Waals surface area contributed by atoms with Gasteiger partial charge in [0.05, 0.1) is 5.69 Å². The second-order valence-electron chi connectivity index (χ2n) is 11.5. The second-order valence-corrected chi connectivity index (χ2v) is 11.5. The molecule has 3 aliphatic rings. The molecular formula is C31H37N9. The van der Waals surface area contributed by atoms with Crippen LogP contribution in [0.15, 0.2) is 48.5 Å². The van der Waals surface area contributed by atoms with Crippen molar-refractivity contribution in [3.8, 4) is 17.1 Å². The normalized spacial score (nSPS) is 19.7. The summed E-state index contributed by atoms with van der Waals surface area (Å²) in [5, 5.41) is 17.2. The van der Waals surface area contributed by atoms with E-state index < -0.39 is 0 Å². The molecule has 1 fully saturated rings. The van der Waals surface area contributed by atoms with E-state index in [0.717, 1.165) is 43.5 Å². The van der Waals surface area contributed by atoms with Crippen LogP contribution in [0.3, 0.4) is 0 Å².